The van der Waals surface area contributed by atoms with Crippen LogP contribution in [-0.4, -0.2) is 29.6 Å². The zero-order valence-electron chi connectivity index (χ0n) is 11.7. The molecule has 0 saturated heterocycles. The van der Waals surface area contributed by atoms with Gasteiger partial charge < -0.3 is 10.6 Å². The van der Waals surface area contributed by atoms with Crippen molar-refractivity contribution in [2.24, 2.45) is 11.7 Å². The van der Waals surface area contributed by atoms with E-state index in [0.29, 0.717) is 12.1 Å². The van der Waals surface area contributed by atoms with Crippen molar-refractivity contribution in [1.29, 1.82) is 5.26 Å². The monoisotopic (exact) mass is 237 g/mol. The molecular weight excluding hydrogens is 210 g/mol. The number of nitriles is 1. The first-order chi connectivity index (χ1) is 7.85. The third kappa shape index (κ3) is 4.29. The van der Waals surface area contributed by atoms with E-state index in [0.717, 1.165) is 12.3 Å². The average molecular weight is 237 g/mol. The molecule has 0 spiro atoms. The van der Waals surface area contributed by atoms with Gasteiger partial charge in [-0.05, 0) is 46.1 Å². The summed E-state index contributed by atoms with van der Waals surface area (Å²) in [5.41, 5.74) is 5.22. The maximum absolute atomic E-state index is 8.98. The van der Waals surface area contributed by atoms with E-state index in [1.54, 1.807) is 0 Å². The summed E-state index contributed by atoms with van der Waals surface area (Å²) in [5, 5.41) is 8.98. The van der Waals surface area contributed by atoms with Crippen LogP contribution < -0.4 is 5.73 Å². The van der Waals surface area contributed by atoms with Gasteiger partial charge >= 0.3 is 0 Å². The Morgan fingerprint density at radius 2 is 2.18 bits per heavy atom. The lowest BCUT2D eigenvalue weighted by molar-refractivity contribution is 0.114. The minimum Gasteiger partial charge on any atom is -0.314 e. The number of nitrogens with zero attached hydrogens (tertiary/aromatic N) is 2. The normalized spacial score (nSPS) is 30.6. The van der Waals surface area contributed by atoms with Gasteiger partial charge in [-0.3, -0.25) is 0 Å². The van der Waals surface area contributed by atoms with Gasteiger partial charge in [0.05, 0.1) is 6.07 Å². The highest BCUT2D eigenvalue weighted by molar-refractivity contribution is 5.03. The lowest BCUT2D eigenvalue weighted by Gasteiger charge is -2.39. The van der Waals surface area contributed by atoms with Gasteiger partial charge in [0.25, 0.3) is 0 Å². The molecule has 1 aliphatic rings. The summed E-state index contributed by atoms with van der Waals surface area (Å²) in [6.07, 6.45) is 6.02. The topological polar surface area (TPSA) is 53.0 Å². The lowest BCUT2D eigenvalue weighted by Crippen LogP contribution is -2.47. The number of rotatable bonds is 4. The zero-order chi connectivity index (χ0) is 13.1. The molecule has 1 rings (SSSR count). The Morgan fingerprint density at radius 3 is 2.71 bits per heavy atom. The van der Waals surface area contributed by atoms with Crippen molar-refractivity contribution in [3.63, 3.8) is 0 Å². The third-order valence-electron chi connectivity index (χ3n) is 4.15. The first kappa shape index (κ1) is 14.5. The van der Waals surface area contributed by atoms with Gasteiger partial charge in [-0.2, -0.15) is 5.26 Å². The average Bonchev–Trinajstić information content (AvgIpc) is 2.27. The molecule has 98 valence electrons. The molecule has 0 heterocycles. The Bertz CT molecular complexity index is 280. The van der Waals surface area contributed by atoms with Crippen molar-refractivity contribution in [3.8, 4) is 6.07 Å². The third-order valence-corrected chi connectivity index (χ3v) is 4.15. The fourth-order valence-electron chi connectivity index (χ4n) is 2.94. The van der Waals surface area contributed by atoms with Crippen LogP contribution in [0.5, 0.6) is 0 Å². The molecule has 4 unspecified atom stereocenters. The van der Waals surface area contributed by atoms with E-state index >= 15 is 0 Å². The molecule has 0 amide bonds. The minimum atomic E-state index is -0.700. The summed E-state index contributed by atoms with van der Waals surface area (Å²) in [4.78, 5) is 2.43. The molecule has 0 aromatic rings. The van der Waals surface area contributed by atoms with Crippen molar-refractivity contribution in [3.05, 3.63) is 0 Å². The zero-order valence-corrected chi connectivity index (χ0v) is 11.7. The maximum Gasteiger partial charge on any atom is 0.102 e. The van der Waals surface area contributed by atoms with E-state index in [2.05, 4.69) is 31.9 Å². The molecule has 1 fully saturated rings. The summed E-state index contributed by atoms with van der Waals surface area (Å²) in [5.74, 6) is 0.837. The quantitative estimate of drug-likeness (QED) is 0.817. The van der Waals surface area contributed by atoms with Gasteiger partial charge in [0.2, 0.25) is 0 Å². The Balaban J connectivity index is 2.51. The molecule has 2 N–H and O–H groups in total. The molecule has 4 atom stereocenters. The Kier molecular flexibility index (Phi) is 4.97. The van der Waals surface area contributed by atoms with Crippen molar-refractivity contribution in [1.82, 2.24) is 4.90 Å². The lowest BCUT2D eigenvalue weighted by atomic mass is 9.85. The molecule has 0 bridgehead atoms. The van der Waals surface area contributed by atoms with E-state index in [4.69, 9.17) is 11.0 Å². The van der Waals surface area contributed by atoms with Gasteiger partial charge in [0.15, 0.2) is 0 Å². The van der Waals surface area contributed by atoms with E-state index < -0.39 is 5.54 Å². The van der Waals surface area contributed by atoms with Crippen LogP contribution in [-0.2, 0) is 0 Å². The van der Waals surface area contributed by atoms with Gasteiger partial charge in [-0.15, -0.1) is 0 Å². The largest absolute Gasteiger partial charge is 0.314 e. The van der Waals surface area contributed by atoms with Crippen LogP contribution in [0, 0.1) is 17.2 Å². The summed E-state index contributed by atoms with van der Waals surface area (Å²) < 4.78 is 0. The summed E-state index contributed by atoms with van der Waals surface area (Å²) >= 11 is 0. The van der Waals surface area contributed by atoms with E-state index in [1.165, 1.54) is 25.7 Å². The molecule has 3 heteroatoms. The highest BCUT2D eigenvalue weighted by Gasteiger charge is 2.29. The molecule has 17 heavy (non-hydrogen) atoms. The molecule has 0 aliphatic heterocycles. The highest BCUT2D eigenvalue weighted by atomic mass is 15.2. The molecule has 1 aliphatic carbocycles. The summed E-state index contributed by atoms with van der Waals surface area (Å²) in [7, 11) is 2.18. The number of hydrogen-bond donors (Lipinski definition) is 1. The van der Waals surface area contributed by atoms with Crippen molar-refractivity contribution >= 4 is 0 Å². The van der Waals surface area contributed by atoms with Gasteiger partial charge in [0, 0.05) is 12.1 Å². The van der Waals surface area contributed by atoms with Crippen LogP contribution in [0.4, 0.5) is 0 Å². The van der Waals surface area contributed by atoms with Crippen molar-refractivity contribution in [2.45, 2.75) is 70.5 Å². The predicted octanol–water partition coefficient (Wildman–Crippen LogP) is 2.52. The van der Waals surface area contributed by atoms with Gasteiger partial charge in [-0.1, -0.05) is 19.8 Å². The standard InChI is InChI=1S/C14H27N3/c1-11-6-5-7-13(8-11)17(4)12(2)9-14(3,16)10-15/h11-13H,5-9,16H2,1-4H3. The SMILES string of the molecule is CC1CCCC(N(C)C(C)CC(C)(N)C#N)C1. The van der Waals surface area contributed by atoms with E-state index in [9.17, 15) is 0 Å². The van der Waals surface area contributed by atoms with Crippen LogP contribution in [0.15, 0.2) is 0 Å². The molecule has 0 aromatic carbocycles. The molecule has 0 aromatic heterocycles. The van der Waals surface area contributed by atoms with Crippen LogP contribution in [0.1, 0.15) is 52.9 Å². The van der Waals surface area contributed by atoms with Gasteiger partial charge in [-0.25, -0.2) is 0 Å². The number of hydrogen-bond acceptors (Lipinski definition) is 3. The first-order valence-corrected chi connectivity index (χ1v) is 6.78. The highest BCUT2D eigenvalue weighted by Crippen LogP contribution is 2.28. The van der Waals surface area contributed by atoms with Crippen molar-refractivity contribution in [2.75, 3.05) is 7.05 Å². The summed E-state index contributed by atoms with van der Waals surface area (Å²) in [6, 6.07) is 3.23. The van der Waals surface area contributed by atoms with Crippen LogP contribution in [0.2, 0.25) is 0 Å². The Labute approximate surface area is 106 Å². The van der Waals surface area contributed by atoms with Crippen LogP contribution >= 0.6 is 0 Å². The Morgan fingerprint density at radius 1 is 1.53 bits per heavy atom. The molecule has 0 radical (unpaired) electrons. The fraction of sp³-hybridized carbons (Fsp3) is 0.929. The second-order valence-electron chi connectivity index (χ2n) is 6.17. The van der Waals surface area contributed by atoms with E-state index in [1.807, 2.05) is 6.92 Å². The predicted molar refractivity (Wildman–Crippen MR) is 71.5 cm³/mol. The maximum atomic E-state index is 8.98. The number of nitrogens with two attached hydrogens (primary N) is 1. The second-order valence-corrected chi connectivity index (χ2v) is 6.17. The molecule has 3 nitrogen and oxygen atoms in total. The van der Waals surface area contributed by atoms with Crippen molar-refractivity contribution < 1.29 is 0 Å². The van der Waals surface area contributed by atoms with Crippen LogP contribution in [0.25, 0.3) is 0 Å². The smallest absolute Gasteiger partial charge is 0.102 e. The molecular formula is C14H27N3. The molecule has 1 saturated carbocycles. The Hall–Kier alpha value is -0.590. The first-order valence-electron chi connectivity index (χ1n) is 6.78. The fourth-order valence-corrected chi connectivity index (χ4v) is 2.94. The summed E-state index contributed by atoms with van der Waals surface area (Å²) in [6.45, 7) is 6.34. The van der Waals surface area contributed by atoms with E-state index in [-0.39, 0.29) is 0 Å². The second kappa shape index (κ2) is 5.84. The minimum absolute atomic E-state index is 0.375. The van der Waals surface area contributed by atoms with Gasteiger partial charge in [0.1, 0.15) is 5.54 Å². The van der Waals surface area contributed by atoms with Crippen LogP contribution in [0.3, 0.4) is 0 Å².